The molecule has 2 aliphatic heterocycles. The third-order valence-electron chi connectivity index (χ3n) is 6.13. The van der Waals surface area contributed by atoms with Crippen LogP contribution in [-0.4, -0.2) is 62.9 Å². The lowest BCUT2D eigenvalue weighted by Crippen LogP contribution is -2.57. The Bertz CT molecular complexity index is 1010. The van der Waals surface area contributed by atoms with Gasteiger partial charge in [0.2, 0.25) is 5.95 Å². The van der Waals surface area contributed by atoms with Crippen molar-refractivity contribution in [2.24, 2.45) is 0 Å². The molecule has 0 amide bonds. The van der Waals surface area contributed by atoms with Gasteiger partial charge in [-0.25, -0.2) is 23.4 Å². The average Bonchev–Trinajstić information content (AvgIpc) is 3.46. The molecule has 3 fully saturated rings. The molecule has 32 heavy (non-hydrogen) atoms. The summed E-state index contributed by atoms with van der Waals surface area (Å²) in [5, 5.41) is 6.69. The van der Waals surface area contributed by atoms with Crippen LogP contribution in [0.15, 0.2) is 12.4 Å². The maximum Gasteiger partial charge on any atom is 0.419 e. The van der Waals surface area contributed by atoms with Gasteiger partial charge in [0.05, 0.1) is 42.4 Å². The first kappa shape index (κ1) is 21.8. The van der Waals surface area contributed by atoms with Crippen LogP contribution in [0.25, 0.3) is 0 Å². The Morgan fingerprint density at radius 1 is 1.19 bits per heavy atom. The minimum absolute atomic E-state index is 0.0600. The number of hydrogen-bond acceptors (Lipinski definition) is 6. The lowest BCUT2D eigenvalue weighted by atomic mass is 9.99. The van der Waals surface area contributed by atoms with Crippen LogP contribution in [0.1, 0.15) is 42.5 Å². The van der Waals surface area contributed by atoms with E-state index >= 15 is 0 Å². The highest BCUT2D eigenvalue weighted by atomic mass is 35.5. The minimum Gasteiger partial charge on any atom is -0.378 e. The molecular formula is C19H20ClF5N6O. The van der Waals surface area contributed by atoms with Gasteiger partial charge in [-0.3, -0.25) is 4.90 Å². The summed E-state index contributed by atoms with van der Waals surface area (Å²) in [6, 6.07) is -1.18. The van der Waals surface area contributed by atoms with Crippen molar-refractivity contribution in [1.29, 1.82) is 0 Å². The van der Waals surface area contributed by atoms with E-state index in [4.69, 9.17) is 16.3 Å². The van der Waals surface area contributed by atoms with Crippen molar-refractivity contribution in [3.05, 3.63) is 28.8 Å². The van der Waals surface area contributed by atoms with Crippen molar-refractivity contribution in [3.8, 4) is 0 Å². The van der Waals surface area contributed by atoms with Gasteiger partial charge < -0.3 is 10.1 Å². The van der Waals surface area contributed by atoms with Gasteiger partial charge in [0.15, 0.2) is 5.15 Å². The normalized spacial score (nSPS) is 24.4. The number of halogens is 6. The second kappa shape index (κ2) is 7.77. The Balaban J connectivity index is 1.39. The lowest BCUT2D eigenvalue weighted by molar-refractivity contribution is -0.140. The Hall–Kier alpha value is -2.05. The highest BCUT2D eigenvalue weighted by molar-refractivity contribution is 6.32. The molecular weight excluding hydrogens is 459 g/mol. The molecule has 1 atom stereocenters. The van der Waals surface area contributed by atoms with E-state index in [1.54, 1.807) is 0 Å². The highest BCUT2D eigenvalue weighted by Crippen LogP contribution is 2.45. The predicted octanol–water partition coefficient (Wildman–Crippen LogP) is 4.25. The molecule has 0 aromatic carbocycles. The Morgan fingerprint density at radius 2 is 1.94 bits per heavy atom. The van der Waals surface area contributed by atoms with Crippen molar-refractivity contribution in [3.63, 3.8) is 0 Å². The topological polar surface area (TPSA) is 68.1 Å². The van der Waals surface area contributed by atoms with E-state index in [2.05, 4.69) is 20.4 Å². The van der Waals surface area contributed by atoms with Gasteiger partial charge in [-0.1, -0.05) is 11.6 Å². The Labute approximate surface area is 184 Å². The number of piperidine rings is 1. The summed E-state index contributed by atoms with van der Waals surface area (Å²) in [7, 11) is 0. The molecule has 4 heterocycles. The number of rotatable bonds is 5. The summed E-state index contributed by atoms with van der Waals surface area (Å²) in [6.07, 6.45) is -1.66. The van der Waals surface area contributed by atoms with E-state index in [-0.39, 0.29) is 54.0 Å². The van der Waals surface area contributed by atoms with Crippen molar-refractivity contribution in [2.45, 2.75) is 49.4 Å². The molecule has 0 radical (unpaired) electrons. The molecule has 0 bridgehead atoms. The number of aromatic nitrogens is 4. The van der Waals surface area contributed by atoms with Crippen molar-refractivity contribution >= 4 is 23.2 Å². The fraction of sp³-hybridized carbons (Fsp3) is 0.632. The van der Waals surface area contributed by atoms with Crippen LogP contribution < -0.4 is 5.32 Å². The Kier molecular flexibility index (Phi) is 5.29. The molecule has 1 N–H and O–H groups in total. The summed E-state index contributed by atoms with van der Waals surface area (Å²) >= 11 is 6.35. The minimum atomic E-state index is -4.55. The third kappa shape index (κ3) is 4.03. The van der Waals surface area contributed by atoms with E-state index in [0.29, 0.717) is 26.1 Å². The van der Waals surface area contributed by atoms with E-state index in [0.717, 1.165) is 10.9 Å². The molecule has 1 saturated carbocycles. The second-order valence-corrected chi connectivity index (χ2v) is 8.75. The molecule has 13 heteroatoms. The quantitative estimate of drug-likeness (QED) is 0.648. The molecule has 3 aliphatic rings. The summed E-state index contributed by atoms with van der Waals surface area (Å²) in [6.45, 7) is 1.33. The van der Waals surface area contributed by atoms with Gasteiger partial charge in [-0.2, -0.15) is 18.3 Å². The summed E-state index contributed by atoms with van der Waals surface area (Å²) in [4.78, 5) is 9.72. The van der Waals surface area contributed by atoms with Gasteiger partial charge in [-0.05, 0) is 12.8 Å². The van der Waals surface area contributed by atoms with Crippen LogP contribution in [0.2, 0.25) is 5.15 Å². The van der Waals surface area contributed by atoms with Crippen LogP contribution in [-0.2, 0) is 10.9 Å². The number of alkyl halides is 5. The van der Waals surface area contributed by atoms with Gasteiger partial charge >= 0.3 is 6.18 Å². The molecule has 2 aromatic heterocycles. The smallest absolute Gasteiger partial charge is 0.378 e. The number of ether oxygens (including phenoxy) is 1. The first-order valence-corrected chi connectivity index (χ1v) is 10.6. The molecule has 5 rings (SSSR count). The zero-order valence-corrected chi connectivity index (χ0v) is 17.5. The molecule has 0 unspecified atom stereocenters. The summed E-state index contributed by atoms with van der Waals surface area (Å²) < 4.78 is 75.4. The second-order valence-electron chi connectivity index (χ2n) is 8.40. The van der Waals surface area contributed by atoms with Crippen LogP contribution in [0.3, 0.4) is 0 Å². The summed E-state index contributed by atoms with van der Waals surface area (Å²) in [5.41, 5.74) is -0.794. The van der Waals surface area contributed by atoms with E-state index < -0.39 is 23.7 Å². The number of nitrogens with zero attached hydrogens (tertiary/aromatic N) is 5. The van der Waals surface area contributed by atoms with Crippen LogP contribution in [0.4, 0.5) is 33.6 Å². The first-order valence-electron chi connectivity index (χ1n) is 10.3. The number of nitrogens with one attached hydrogen (secondary N) is 1. The van der Waals surface area contributed by atoms with Crippen molar-refractivity contribution in [1.82, 2.24) is 24.6 Å². The van der Waals surface area contributed by atoms with Gasteiger partial charge in [0.25, 0.3) is 5.92 Å². The molecule has 7 nitrogen and oxygen atoms in total. The Morgan fingerprint density at radius 3 is 2.56 bits per heavy atom. The predicted molar refractivity (Wildman–Crippen MR) is 104 cm³/mol. The third-order valence-corrected chi connectivity index (χ3v) is 6.50. The monoisotopic (exact) mass is 478 g/mol. The maximum atomic E-state index is 14.7. The summed E-state index contributed by atoms with van der Waals surface area (Å²) in [5.74, 6) is -3.38. The zero-order chi connectivity index (χ0) is 22.7. The average molecular weight is 479 g/mol. The first-order chi connectivity index (χ1) is 15.1. The molecule has 1 aliphatic carbocycles. The molecule has 174 valence electrons. The largest absolute Gasteiger partial charge is 0.419 e. The maximum absolute atomic E-state index is 14.7. The van der Waals surface area contributed by atoms with Crippen LogP contribution >= 0.6 is 11.6 Å². The van der Waals surface area contributed by atoms with Crippen molar-refractivity contribution in [2.75, 3.05) is 31.6 Å². The molecule has 2 aromatic rings. The highest BCUT2D eigenvalue weighted by Gasteiger charge is 2.48. The standard InChI is InChI=1S/C19H20ClF5N6O/c20-16-13(28-17-26-5-12(19(23,24)25)15(29-17)10-1-2-10)6-27-31(16)14-7-30(11-8-32-9-11)4-3-18(14,21)22/h5-6,10-11,14H,1-4,7-9H2,(H,26,28,29)/t14-/m0/s1. The number of anilines is 2. The van der Waals surface area contributed by atoms with E-state index in [1.807, 2.05) is 4.90 Å². The number of hydrogen-bond donors (Lipinski definition) is 1. The lowest BCUT2D eigenvalue weighted by Gasteiger charge is -2.44. The van der Waals surface area contributed by atoms with E-state index in [9.17, 15) is 22.0 Å². The molecule has 0 spiro atoms. The van der Waals surface area contributed by atoms with Gasteiger partial charge in [0, 0.05) is 31.6 Å². The van der Waals surface area contributed by atoms with Crippen molar-refractivity contribution < 1.29 is 26.7 Å². The SMILES string of the molecule is FC(F)(F)c1cnc(Nc2cnn([C@H]3CN(C4COC4)CCC3(F)F)c2Cl)nc1C1CC1. The number of likely N-dealkylation sites (tertiary alicyclic amines) is 1. The fourth-order valence-corrected chi connectivity index (χ4v) is 4.30. The zero-order valence-electron chi connectivity index (χ0n) is 16.7. The van der Waals surface area contributed by atoms with E-state index in [1.165, 1.54) is 6.20 Å². The van der Waals surface area contributed by atoms with Gasteiger partial charge in [0.1, 0.15) is 6.04 Å². The van der Waals surface area contributed by atoms with Crippen LogP contribution in [0, 0.1) is 0 Å². The van der Waals surface area contributed by atoms with Gasteiger partial charge in [-0.15, -0.1) is 0 Å². The molecule has 2 saturated heterocycles. The van der Waals surface area contributed by atoms with Crippen LogP contribution in [0.5, 0.6) is 0 Å². The fourth-order valence-electron chi connectivity index (χ4n) is 4.04.